The highest BCUT2D eigenvalue weighted by molar-refractivity contribution is 7.85. The monoisotopic (exact) mass is 554 g/mol. The smallest absolute Gasteiger partial charge is 0.369 e. The number of benzene rings is 1. The van der Waals surface area contributed by atoms with Crippen LogP contribution in [-0.4, -0.2) is 64.3 Å². The van der Waals surface area contributed by atoms with Gasteiger partial charge in [0, 0.05) is 38.2 Å². The highest BCUT2D eigenvalue weighted by Crippen LogP contribution is 2.41. The second-order valence-corrected chi connectivity index (χ2v) is 11.3. The molecule has 3 heterocycles. The number of amides is 2. The Morgan fingerprint density at radius 1 is 1.16 bits per heavy atom. The van der Waals surface area contributed by atoms with Gasteiger partial charge in [0.2, 0.25) is 11.8 Å². The Bertz CT molecular complexity index is 1370. The average molecular weight is 555 g/mol. The van der Waals surface area contributed by atoms with Crippen LogP contribution >= 0.6 is 0 Å². The van der Waals surface area contributed by atoms with E-state index in [1.807, 2.05) is 17.9 Å². The number of fused-ring (bicyclic) bond motifs is 2. The van der Waals surface area contributed by atoms with Crippen molar-refractivity contribution in [3.63, 3.8) is 0 Å². The number of para-hydroxylation sites is 1. The largest absolute Gasteiger partial charge is 0.416 e. The Hall–Kier alpha value is -3.19. The number of halogens is 3. The van der Waals surface area contributed by atoms with Gasteiger partial charge in [-0.2, -0.15) is 21.6 Å². The van der Waals surface area contributed by atoms with E-state index in [0.29, 0.717) is 18.7 Å². The van der Waals surface area contributed by atoms with Crippen LogP contribution in [0.25, 0.3) is 0 Å². The maximum Gasteiger partial charge on any atom is 0.416 e. The van der Waals surface area contributed by atoms with E-state index in [1.54, 1.807) is 19.2 Å². The van der Waals surface area contributed by atoms with Crippen molar-refractivity contribution in [2.24, 2.45) is 5.92 Å². The zero-order valence-corrected chi connectivity index (χ0v) is 22.3. The van der Waals surface area contributed by atoms with Gasteiger partial charge < -0.3 is 9.80 Å². The molecule has 4 rings (SSSR count). The van der Waals surface area contributed by atoms with Gasteiger partial charge in [-0.3, -0.25) is 18.7 Å². The number of aromatic nitrogens is 1. The number of nitrogens with zero attached hydrogens (tertiary/aromatic N) is 4. The summed E-state index contributed by atoms with van der Waals surface area (Å²) in [7, 11) is -2.04. The van der Waals surface area contributed by atoms with Crippen LogP contribution in [0.1, 0.15) is 29.7 Å². The Morgan fingerprint density at radius 3 is 2.53 bits per heavy atom. The van der Waals surface area contributed by atoms with Crippen molar-refractivity contribution in [3.8, 4) is 0 Å². The predicted octanol–water partition coefficient (Wildman–Crippen LogP) is 3.29. The normalized spacial score (nSPS) is 20.3. The number of anilines is 3. The Morgan fingerprint density at radius 2 is 1.87 bits per heavy atom. The molecule has 0 saturated carbocycles. The fourth-order valence-corrected chi connectivity index (χ4v) is 5.59. The number of alkyl halides is 3. The molecule has 1 aromatic heterocycles. The van der Waals surface area contributed by atoms with Crippen LogP contribution in [0.2, 0.25) is 0 Å². The van der Waals surface area contributed by atoms with Crippen LogP contribution < -0.4 is 14.7 Å². The van der Waals surface area contributed by atoms with E-state index >= 15 is 0 Å². The van der Waals surface area contributed by atoms with E-state index < -0.39 is 45.6 Å². The lowest BCUT2D eigenvalue weighted by Gasteiger charge is -2.39. The molecule has 0 bridgehead atoms. The SMILES string of the molecule is Cc1cc(C(F)(F)F)cc(N2C(=O)C[C@@H]3CN(CCCOS(C)(=O)=O)c4c(C)cccc4N(C)C(=O)[C@H]32)n1. The Labute approximate surface area is 219 Å². The molecule has 206 valence electrons. The number of likely N-dealkylation sites (N-methyl/N-ethyl adjacent to an activating group) is 1. The molecule has 9 nitrogen and oxygen atoms in total. The highest BCUT2D eigenvalue weighted by Gasteiger charge is 2.49. The molecule has 1 aromatic carbocycles. The first-order valence-corrected chi connectivity index (χ1v) is 13.8. The second-order valence-electron chi connectivity index (χ2n) is 9.69. The van der Waals surface area contributed by atoms with Gasteiger partial charge in [0.25, 0.3) is 10.1 Å². The third-order valence-electron chi connectivity index (χ3n) is 6.75. The lowest BCUT2D eigenvalue weighted by Crippen LogP contribution is -2.52. The van der Waals surface area contributed by atoms with Crippen LogP contribution in [0.3, 0.4) is 0 Å². The van der Waals surface area contributed by atoms with Crippen LogP contribution in [-0.2, 0) is 30.1 Å². The maximum absolute atomic E-state index is 13.8. The van der Waals surface area contributed by atoms with Gasteiger partial charge in [-0.15, -0.1) is 0 Å². The summed E-state index contributed by atoms with van der Waals surface area (Å²) < 4.78 is 68.3. The Balaban J connectivity index is 1.75. The van der Waals surface area contributed by atoms with E-state index in [9.17, 15) is 31.2 Å². The molecule has 13 heteroatoms. The van der Waals surface area contributed by atoms with E-state index in [2.05, 4.69) is 4.98 Å². The molecule has 0 spiro atoms. The zero-order chi connectivity index (χ0) is 28.0. The van der Waals surface area contributed by atoms with Crippen LogP contribution in [0, 0.1) is 19.8 Å². The third-order valence-corrected chi connectivity index (χ3v) is 7.34. The van der Waals surface area contributed by atoms with E-state index in [-0.39, 0.29) is 31.1 Å². The molecule has 1 saturated heterocycles. The number of carbonyl (C=O) groups excluding carboxylic acids is 2. The minimum atomic E-state index is -4.65. The molecule has 0 N–H and O–H groups in total. The molecule has 1 fully saturated rings. The fourth-order valence-electron chi connectivity index (χ4n) is 5.17. The molecule has 2 aliphatic heterocycles. The van der Waals surface area contributed by atoms with Crippen molar-refractivity contribution in [2.45, 2.75) is 38.9 Å². The van der Waals surface area contributed by atoms with E-state index in [1.165, 1.54) is 11.8 Å². The molecular weight excluding hydrogens is 525 g/mol. The van der Waals surface area contributed by atoms with Crippen molar-refractivity contribution in [1.82, 2.24) is 4.98 Å². The highest BCUT2D eigenvalue weighted by atomic mass is 32.2. The molecule has 2 aromatic rings. The molecule has 2 amide bonds. The van der Waals surface area contributed by atoms with Gasteiger partial charge >= 0.3 is 6.18 Å². The van der Waals surface area contributed by atoms with Crippen molar-refractivity contribution in [1.29, 1.82) is 0 Å². The van der Waals surface area contributed by atoms with Crippen molar-refractivity contribution in [2.75, 3.05) is 47.7 Å². The van der Waals surface area contributed by atoms with Crippen LogP contribution in [0.5, 0.6) is 0 Å². The minimum Gasteiger partial charge on any atom is -0.369 e. The van der Waals surface area contributed by atoms with Crippen molar-refractivity contribution in [3.05, 3.63) is 47.2 Å². The molecule has 2 atom stereocenters. The lowest BCUT2D eigenvalue weighted by molar-refractivity contribution is -0.137. The third kappa shape index (κ3) is 5.63. The molecular formula is C25H29F3N4O5S. The van der Waals surface area contributed by atoms with Crippen LogP contribution in [0.15, 0.2) is 30.3 Å². The molecule has 0 aliphatic carbocycles. The summed E-state index contributed by atoms with van der Waals surface area (Å²) in [5, 5.41) is 0. The average Bonchev–Trinajstić information content (AvgIpc) is 3.13. The quantitative estimate of drug-likeness (QED) is 0.399. The predicted molar refractivity (Wildman–Crippen MR) is 136 cm³/mol. The fraction of sp³-hybridized carbons (Fsp3) is 0.480. The summed E-state index contributed by atoms with van der Waals surface area (Å²) in [4.78, 5) is 35.7. The molecule has 38 heavy (non-hydrogen) atoms. The van der Waals surface area contributed by atoms with Gasteiger partial charge in [0.1, 0.15) is 11.9 Å². The van der Waals surface area contributed by atoms with E-state index in [0.717, 1.165) is 34.5 Å². The summed E-state index contributed by atoms with van der Waals surface area (Å²) in [5.41, 5.74) is 1.34. The van der Waals surface area contributed by atoms with Crippen molar-refractivity contribution >= 4 is 39.1 Å². The topological polar surface area (TPSA) is 100 Å². The summed E-state index contributed by atoms with van der Waals surface area (Å²) in [5.74, 6) is -1.67. The van der Waals surface area contributed by atoms with Gasteiger partial charge in [-0.25, -0.2) is 4.98 Å². The number of rotatable bonds is 6. The van der Waals surface area contributed by atoms with Crippen molar-refractivity contribution < 1.29 is 35.4 Å². The second kappa shape index (κ2) is 10.2. The number of hydrogen-bond acceptors (Lipinski definition) is 7. The number of hydrogen-bond donors (Lipinski definition) is 0. The van der Waals surface area contributed by atoms with Gasteiger partial charge in [0.05, 0.1) is 29.8 Å². The summed E-state index contributed by atoms with van der Waals surface area (Å²) >= 11 is 0. The van der Waals surface area contributed by atoms with Gasteiger partial charge in [0.15, 0.2) is 0 Å². The molecule has 2 aliphatic rings. The zero-order valence-electron chi connectivity index (χ0n) is 21.4. The first-order valence-electron chi connectivity index (χ1n) is 12.0. The maximum atomic E-state index is 13.8. The number of pyridine rings is 1. The number of carbonyl (C=O) groups is 2. The summed E-state index contributed by atoms with van der Waals surface area (Å²) in [6, 6.07) is 6.07. The first-order chi connectivity index (χ1) is 17.7. The Kier molecular flexibility index (Phi) is 7.45. The first kappa shape index (κ1) is 27.8. The summed E-state index contributed by atoms with van der Waals surface area (Å²) in [6.07, 6.45) is -3.38. The van der Waals surface area contributed by atoms with Gasteiger partial charge in [-0.05, 0) is 44.0 Å². The lowest BCUT2D eigenvalue weighted by atomic mass is 9.95. The molecule has 0 unspecified atom stereocenters. The number of aryl methyl sites for hydroxylation is 2. The standard InChI is InChI=1S/C25H29F3N4O5S/c1-15-7-5-8-19-22(15)31(9-6-10-37-38(4,35)36)14-17-12-21(33)32(23(17)24(34)30(19)3)20-13-18(25(26,27)28)11-16(2)29-20/h5,7-8,11,13,17,23H,6,9-10,12,14H2,1-4H3/t17-,23+/m1/s1. The van der Waals surface area contributed by atoms with Crippen LogP contribution in [0.4, 0.5) is 30.4 Å². The van der Waals surface area contributed by atoms with Gasteiger partial charge in [-0.1, -0.05) is 12.1 Å². The van der Waals surface area contributed by atoms with E-state index in [4.69, 9.17) is 4.18 Å². The minimum absolute atomic E-state index is 0.0438. The molecule has 0 radical (unpaired) electrons. The summed E-state index contributed by atoms with van der Waals surface area (Å²) in [6.45, 7) is 3.87.